The molecule has 7 nitrogen and oxygen atoms in total. The average Bonchev–Trinajstić information content (AvgIpc) is 3.45. The van der Waals surface area contributed by atoms with E-state index < -0.39 is 6.04 Å². The van der Waals surface area contributed by atoms with Crippen molar-refractivity contribution in [1.82, 2.24) is 15.6 Å². The number of ketones is 1. The van der Waals surface area contributed by atoms with E-state index in [9.17, 15) is 14.4 Å². The molecule has 1 atom stereocenters. The number of hydrogen-bond donors (Lipinski definition) is 3. The molecule has 0 bridgehead atoms. The Kier molecular flexibility index (Phi) is 9.21. The van der Waals surface area contributed by atoms with Crippen LogP contribution in [0.4, 0.5) is 0 Å². The molecule has 1 aromatic heterocycles. The third-order valence-corrected chi connectivity index (χ3v) is 7.54. The lowest BCUT2D eigenvalue weighted by atomic mass is 10.0. The second-order valence-corrected chi connectivity index (χ2v) is 10.5. The van der Waals surface area contributed by atoms with E-state index in [-0.39, 0.29) is 24.0 Å². The molecule has 0 saturated heterocycles. The van der Waals surface area contributed by atoms with Gasteiger partial charge in [-0.05, 0) is 80.3 Å². The van der Waals surface area contributed by atoms with E-state index in [4.69, 9.17) is 4.74 Å². The van der Waals surface area contributed by atoms with Crippen LogP contribution in [-0.4, -0.2) is 42.3 Å². The van der Waals surface area contributed by atoms with Crippen molar-refractivity contribution in [3.05, 3.63) is 64.8 Å². The van der Waals surface area contributed by atoms with Crippen LogP contribution >= 0.6 is 0 Å². The lowest BCUT2D eigenvalue weighted by molar-refractivity contribution is -0.129. The summed E-state index contributed by atoms with van der Waals surface area (Å²) in [6.07, 6.45) is 5.60. The Bertz CT molecular complexity index is 1270. The number of rotatable bonds is 13. The highest BCUT2D eigenvalue weighted by atomic mass is 16.5. The Morgan fingerprint density at radius 1 is 1.05 bits per heavy atom. The summed E-state index contributed by atoms with van der Waals surface area (Å²) in [5, 5.41) is 7.06. The molecular formula is C31H39N3O4. The Balaban J connectivity index is 1.38. The van der Waals surface area contributed by atoms with E-state index in [2.05, 4.69) is 39.9 Å². The van der Waals surface area contributed by atoms with Crippen LogP contribution in [0.5, 0.6) is 5.75 Å². The SMILES string of the molecule is COc1ccc2[nH]c(C)c(CC(=O)N[C@@H](CCCCCC(C)=O)C(=O)NCC3Cc4ccccc4C3)c2c1. The van der Waals surface area contributed by atoms with E-state index in [1.165, 1.54) is 11.1 Å². The zero-order chi connectivity index (χ0) is 27.1. The molecule has 1 aliphatic carbocycles. The first-order chi connectivity index (χ1) is 18.3. The number of H-pyrrole nitrogens is 1. The molecule has 0 radical (unpaired) electrons. The lowest BCUT2D eigenvalue weighted by Gasteiger charge is -2.20. The van der Waals surface area contributed by atoms with Gasteiger partial charge in [0.25, 0.3) is 0 Å². The van der Waals surface area contributed by atoms with Crippen LogP contribution in [0.25, 0.3) is 10.9 Å². The maximum atomic E-state index is 13.2. The van der Waals surface area contributed by atoms with E-state index in [1.807, 2.05) is 25.1 Å². The predicted octanol–water partition coefficient (Wildman–Crippen LogP) is 4.58. The number of ether oxygens (including phenoxy) is 1. The highest BCUT2D eigenvalue weighted by molar-refractivity contribution is 5.93. The molecule has 3 aromatic rings. The van der Waals surface area contributed by atoms with Crippen LogP contribution in [0.2, 0.25) is 0 Å². The molecule has 0 saturated carbocycles. The number of nitrogens with one attached hydrogen (secondary N) is 3. The van der Waals surface area contributed by atoms with Gasteiger partial charge in [0.1, 0.15) is 17.6 Å². The lowest BCUT2D eigenvalue weighted by Crippen LogP contribution is -2.48. The summed E-state index contributed by atoms with van der Waals surface area (Å²) in [6.45, 7) is 4.14. The van der Waals surface area contributed by atoms with Crippen LogP contribution in [0.3, 0.4) is 0 Å². The Morgan fingerprint density at radius 2 is 1.79 bits per heavy atom. The molecule has 0 fully saturated rings. The van der Waals surface area contributed by atoms with Gasteiger partial charge in [-0.1, -0.05) is 37.1 Å². The maximum Gasteiger partial charge on any atom is 0.242 e. The van der Waals surface area contributed by atoms with Gasteiger partial charge in [-0.15, -0.1) is 0 Å². The normalized spacial score (nSPS) is 13.8. The van der Waals surface area contributed by atoms with Crippen molar-refractivity contribution in [2.75, 3.05) is 13.7 Å². The summed E-state index contributed by atoms with van der Waals surface area (Å²) in [7, 11) is 1.62. The van der Waals surface area contributed by atoms with Crippen molar-refractivity contribution in [3.8, 4) is 5.75 Å². The highest BCUT2D eigenvalue weighted by Gasteiger charge is 2.25. The van der Waals surface area contributed by atoms with E-state index in [1.54, 1.807) is 14.0 Å². The third-order valence-electron chi connectivity index (χ3n) is 7.54. The fourth-order valence-electron chi connectivity index (χ4n) is 5.45. The first kappa shape index (κ1) is 27.4. The van der Waals surface area contributed by atoms with Crippen molar-refractivity contribution in [2.45, 2.75) is 71.3 Å². The number of carbonyl (C=O) groups excluding carboxylic acids is 3. The number of fused-ring (bicyclic) bond motifs is 2. The minimum absolute atomic E-state index is 0.141. The largest absolute Gasteiger partial charge is 0.497 e. The van der Waals surface area contributed by atoms with E-state index in [0.717, 1.165) is 60.0 Å². The van der Waals surface area contributed by atoms with Gasteiger partial charge < -0.3 is 25.1 Å². The molecule has 7 heteroatoms. The zero-order valence-corrected chi connectivity index (χ0v) is 22.7. The highest BCUT2D eigenvalue weighted by Crippen LogP contribution is 2.27. The fourth-order valence-corrected chi connectivity index (χ4v) is 5.45. The molecule has 38 heavy (non-hydrogen) atoms. The fraction of sp³-hybridized carbons (Fsp3) is 0.452. The molecule has 202 valence electrons. The molecule has 0 aliphatic heterocycles. The molecule has 3 N–H and O–H groups in total. The molecule has 1 aliphatic rings. The average molecular weight is 518 g/mol. The number of Topliss-reactive ketones (excluding diaryl/α,β-unsaturated/α-hetero) is 1. The van der Waals surface area contributed by atoms with Crippen LogP contribution in [0.1, 0.15) is 61.4 Å². The van der Waals surface area contributed by atoms with Gasteiger partial charge in [-0.25, -0.2) is 0 Å². The smallest absolute Gasteiger partial charge is 0.242 e. The van der Waals surface area contributed by atoms with Gasteiger partial charge >= 0.3 is 0 Å². The minimum atomic E-state index is -0.608. The monoisotopic (exact) mass is 517 g/mol. The number of aryl methyl sites for hydroxylation is 1. The van der Waals surface area contributed by atoms with E-state index in [0.29, 0.717) is 25.3 Å². The Hall–Kier alpha value is -3.61. The molecule has 1 heterocycles. The van der Waals surface area contributed by atoms with Crippen molar-refractivity contribution < 1.29 is 19.1 Å². The van der Waals surface area contributed by atoms with Gasteiger partial charge in [0.2, 0.25) is 11.8 Å². The zero-order valence-electron chi connectivity index (χ0n) is 22.7. The molecule has 0 unspecified atom stereocenters. The van der Waals surface area contributed by atoms with Gasteiger partial charge in [-0.3, -0.25) is 9.59 Å². The van der Waals surface area contributed by atoms with Crippen LogP contribution < -0.4 is 15.4 Å². The summed E-state index contributed by atoms with van der Waals surface area (Å²) in [4.78, 5) is 41.0. The van der Waals surface area contributed by atoms with Gasteiger partial charge in [0.05, 0.1) is 13.5 Å². The number of hydrogen-bond acceptors (Lipinski definition) is 4. The minimum Gasteiger partial charge on any atom is -0.497 e. The summed E-state index contributed by atoms with van der Waals surface area (Å²) in [5.41, 5.74) is 5.49. The molecule has 2 amide bonds. The number of methoxy groups -OCH3 is 1. The van der Waals surface area contributed by atoms with Crippen molar-refractivity contribution >= 4 is 28.5 Å². The van der Waals surface area contributed by atoms with E-state index >= 15 is 0 Å². The maximum absolute atomic E-state index is 13.2. The Labute approximate surface area is 224 Å². The quantitative estimate of drug-likeness (QED) is 0.289. The molecular weight excluding hydrogens is 478 g/mol. The van der Waals surface area contributed by atoms with Crippen molar-refractivity contribution in [3.63, 3.8) is 0 Å². The Morgan fingerprint density at radius 3 is 2.47 bits per heavy atom. The van der Waals surface area contributed by atoms with Crippen molar-refractivity contribution in [2.24, 2.45) is 5.92 Å². The standard InChI is InChI=1S/C31H39N3O4/c1-20(35)9-5-4-6-12-29(31(37)32-19-22-15-23-10-7-8-11-24(23)16-22)34-30(36)18-26-21(2)33-28-14-13-25(38-3)17-27(26)28/h7-8,10-11,13-14,17,22,29,33H,4-6,9,12,15-16,18-19H2,1-3H3,(H,32,37)(H,34,36)/t29-/m0/s1. The van der Waals surface area contributed by atoms with Crippen LogP contribution in [0.15, 0.2) is 42.5 Å². The number of aromatic amines is 1. The second kappa shape index (κ2) is 12.8. The molecule has 0 spiro atoms. The third kappa shape index (κ3) is 7.03. The first-order valence-electron chi connectivity index (χ1n) is 13.6. The second-order valence-electron chi connectivity index (χ2n) is 10.5. The summed E-state index contributed by atoms with van der Waals surface area (Å²) >= 11 is 0. The van der Waals surface area contributed by atoms with Gasteiger partial charge in [0.15, 0.2) is 0 Å². The number of amides is 2. The first-order valence-corrected chi connectivity index (χ1v) is 13.6. The van der Waals surface area contributed by atoms with Gasteiger partial charge in [0, 0.05) is 29.6 Å². The number of carbonyl (C=O) groups is 3. The number of benzene rings is 2. The van der Waals surface area contributed by atoms with Crippen LogP contribution in [0, 0.1) is 12.8 Å². The summed E-state index contributed by atoms with van der Waals surface area (Å²) in [5.74, 6) is 0.949. The molecule has 4 rings (SSSR count). The predicted molar refractivity (Wildman–Crippen MR) is 149 cm³/mol. The van der Waals surface area contributed by atoms with Crippen molar-refractivity contribution in [1.29, 1.82) is 0 Å². The van der Waals surface area contributed by atoms with Gasteiger partial charge in [-0.2, -0.15) is 0 Å². The summed E-state index contributed by atoms with van der Waals surface area (Å²) in [6, 6.07) is 13.6. The van der Waals surface area contributed by atoms with Crippen LogP contribution in [-0.2, 0) is 33.6 Å². The summed E-state index contributed by atoms with van der Waals surface area (Å²) < 4.78 is 5.37. The molecule has 2 aromatic carbocycles. The topological polar surface area (TPSA) is 100 Å². The number of unbranched alkanes of at least 4 members (excludes halogenated alkanes) is 2. The number of aromatic nitrogens is 1.